The number of nitrogens with one attached hydrogen (secondary N) is 3. The first-order valence-electron chi connectivity index (χ1n) is 10.1. The largest absolute Gasteiger partial charge is 0.497 e. The van der Waals surface area contributed by atoms with E-state index in [-0.39, 0.29) is 22.1 Å². The number of aromatic nitrogens is 3. The Morgan fingerprint density at radius 2 is 1.69 bits per heavy atom. The van der Waals surface area contributed by atoms with E-state index in [1.807, 2.05) is 0 Å². The molecule has 0 saturated heterocycles. The number of amides is 1. The number of benzene rings is 3. The summed E-state index contributed by atoms with van der Waals surface area (Å²) >= 11 is 0. The molecule has 0 aliphatic rings. The molecule has 12 heteroatoms. The van der Waals surface area contributed by atoms with Crippen LogP contribution in [0.1, 0.15) is 10.4 Å². The predicted molar refractivity (Wildman–Crippen MR) is 127 cm³/mol. The second-order valence-corrected chi connectivity index (χ2v) is 8.85. The number of anilines is 2. The third-order valence-corrected chi connectivity index (χ3v) is 6.30. The van der Waals surface area contributed by atoms with Gasteiger partial charge in [-0.15, -0.1) is 5.10 Å². The highest BCUT2D eigenvalue weighted by Gasteiger charge is 2.16. The Hall–Kier alpha value is -4.45. The molecule has 0 fully saturated rings. The number of H-pyrrole nitrogens is 1. The van der Waals surface area contributed by atoms with Crippen molar-refractivity contribution < 1.29 is 27.1 Å². The normalized spacial score (nSPS) is 11.1. The van der Waals surface area contributed by atoms with Crippen molar-refractivity contribution in [3.05, 3.63) is 78.1 Å². The molecule has 0 aliphatic carbocycles. The Labute approximate surface area is 200 Å². The van der Waals surface area contributed by atoms with Crippen molar-refractivity contribution in [2.45, 2.75) is 4.90 Å². The van der Waals surface area contributed by atoms with E-state index in [4.69, 9.17) is 9.47 Å². The summed E-state index contributed by atoms with van der Waals surface area (Å²) in [4.78, 5) is 16.8. The van der Waals surface area contributed by atoms with Gasteiger partial charge in [-0.3, -0.25) is 19.9 Å². The Morgan fingerprint density at radius 1 is 0.971 bits per heavy atom. The van der Waals surface area contributed by atoms with Crippen molar-refractivity contribution in [2.24, 2.45) is 0 Å². The molecule has 3 N–H and O–H groups in total. The zero-order valence-electron chi connectivity index (χ0n) is 18.6. The monoisotopic (exact) mass is 497 g/mol. The molecular weight excluding hydrogens is 477 g/mol. The second kappa shape index (κ2) is 9.81. The minimum atomic E-state index is -3.91. The smallest absolute Gasteiger partial charge is 0.261 e. The van der Waals surface area contributed by atoms with Crippen LogP contribution in [0.5, 0.6) is 11.5 Å². The van der Waals surface area contributed by atoms with Crippen molar-refractivity contribution >= 4 is 27.6 Å². The Kier molecular flexibility index (Phi) is 6.64. The fourth-order valence-corrected chi connectivity index (χ4v) is 4.18. The molecule has 4 rings (SSSR count). The average molecular weight is 498 g/mol. The van der Waals surface area contributed by atoms with Crippen LogP contribution < -0.4 is 19.5 Å². The maximum atomic E-state index is 13.1. The van der Waals surface area contributed by atoms with Gasteiger partial charge < -0.3 is 9.47 Å². The molecule has 0 atom stereocenters. The minimum Gasteiger partial charge on any atom is -0.497 e. The van der Waals surface area contributed by atoms with E-state index in [0.29, 0.717) is 22.9 Å². The van der Waals surface area contributed by atoms with Gasteiger partial charge in [-0.2, -0.15) is 4.98 Å². The Balaban J connectivity index is 1.44. The first-order chi connectivity index (χ1) is 16.8. The van der Waals surface area contributed by atoms with Gasteiger partial charge >= 0.3 is 0 Å². The molecule has 0 bridgehead atoms. The first-order valence-corrected chi connectivity index (χ1v) is 11.6. The number of ether oxygens (including phenoxy) is 2. The van der Waals surface area contributed by atoms with Gasteiger partial charge in [-0.1, -0.05) is 0 Å². The lowest BCUT2D eigenvalue weighted by atomic mass is 10.2. The van der Waals surface area contributed by atoms with Gasteiger partial charge in [0.15, 0.2) is 5.82 Å². The number of carbonyl (C=O) groups excluding carboxylic acids is 1. The number of hydrogen-bond donors (Lipinski definition) is 3. The van der Waals surface area contributed by atoms with Gasteiger partial charge in [-0.25, -0.2) is 12.8 Å². The highest BCUT2D eigenvalue weighted by Crippen LogP contribution is 2.31. The molecule has 0 aliphatic heterocycles. The van der Waals surface area contributed by atoms with Crippen LogP contribution in [-0.4, -0.2) is 43.7 Å². The van der Waals surface area contributed by atoms with Gasteiger partial charge in [0.1, 0.15) is 17.3 Å². The van der Waals surface area contributed by atoms with E-state index < -0.39 is 21.7 Å². The molecule has 4 aromatic rings. The van der Waals surface area contributed by atoms with E-state index in [2.05, 4.69) is 25.2 Å². The molecular formula is C23H20FN5O5S. The van der Waals surface area contributed by atoms with E-state index in [1.54, 1.807) is 25.3 Å². The zero-order chi connectivity index (χ0) is 25.0. The molecule has 3 aromatic carbocycles. The zero-order valence-corrected chi connectivity index (χ0v) is 19.4. The topological polar surface area (TPSA) is 135 Å². The summed E-state index contributed by atoms with van der Waals surface area (Å²) < 4.78 is 50.8. The molecule has 1 amide bonds. The highest BCUT2D eigenvalue weighted by atomic mass is 32.2. The van der Waals surface area contributed by atoms with Crippen LogP contribution in [0.2, 0.25) is 0 Å². The number of carbonyl (C=O) groups is 1. The van der Waals surface area contributed by atoms with Crippen LogP contribution in [0.15, 0.2) is 71.6 Å². The third kappa shape index (κ3) is 5.38. The van der Waals surface area contributed by atoms with Crippen molar-refractivity contribution in [1.29, 1.82) is 0 Å². The number of rotatable bonds is 8. The summed E-state index contributed by atoms with van der Waals surface area (Å²) in [7, 11) is -0.845. The lowest BCUT2D eigenvalue weighted by Gasteiger charge is -2.09. The van der Waals surface area contributed by atoms with Gasteiger partial charge in [0.05, 0.1) is 24.7 Å². The summed E-state index contributed by atoms with van der Waals surface area (Å²) in [5, 5.41) is 9.33. The average Bonchev–Trinajstić information content (AvgIpc) is 3.32. The van der Waals surface area contributed by atoms with Crippen molar-refractivity contribution in [3.63, 3.8) is 0 Å². The number of methoxy groups -OCH3 is 2. The van der Waals surface area contributed by atoms with Gasteiger partial charge in [0, 0.05) is 17.3 Å². The van der Waals surface area contributed by atoms with Crippen molar-refractivity contribution in [2.75, 3.05) is 24.3 Å². The van der Waals surface area contributed by atoms with Crippen LogP contribution in [0, 0.1) is 5.82 Å². The van der Waals surface area contributed by atoms with Gasteiger partial charge in [0.2, 0.25) is 5.95 Å². The molecule has 1 aromatic heterocycles. The summed E-state index contributed by atoms with van der Waals surface area (Å²) in [5.41, 5.74) is 1.11. The molecule has 35 heavy (non-hydrogen) atoms. The fourth-order valence-electron chi connectivity index (χ4n) is 3.12. The van der Waals surface area contributed by atoms with Crippen LogP contribution in [0.25, 0.3) is 11.4 Å². The molecule has 0 saturated carbocycles. The third-order valence-electron chi connectivity index (χ3n) is 4.90. The number of aromatic amines is 1. The quantitative estimate of drug-likeness (QED) is 0.338. The number of halogens is 1. The molecule has 180 valence electrons. The van der Waals surface area contributed by atoms with Crippen LogP contribution in [0.4, 0.5) is 16.0 Å². The molecule has 1 heterocycles. The van der Waals surface area contributed by atoms with Crippen LogP contribution in [-0.2, 0) is 10.0 Å². The molecule has 0 spiro atoms. The first kappa shape index (κ1) is 23.7. The maximum Gasteiger partial charge on any atom is 0.261 e. The summed E-state index contributed by atoms with van der Waals surface area (Å²) in [6.07, 6.45) is 0. The molecule has 0 radical (unpaired) electrons. The number of sulfonamides is 1. The predicted octanol–water partition coefficient (Wildman–Crippen LogP) is 3.68. The molecule has 10 nitrogen and oxygen atoms in total. The van der Waals surface area contributed by atoms with E-state index >= 15 is 0 Å². The van der Waals surface area contributed by atoms with Crippen molar-refractivity contribution in [1.82, 2.24) is 15.2 Å². The lowest BCUT2D eigenvalue weighted by molar-refractivity contribution is 0.102. The van der Waals surface area contributed by atoms with Crippen LogP contribution >= 0.6 is 0 Å². The Bertz CT molecular complexity index is 1450. The maximum absolute atomic E-state index is 13.1. The highest BCUT2D eigenvalue weighted by molar-refractivity contribution is 7.92. The minimum absolute atomic E-state index is 0.0453. The van der Waals surface area contributed by atoms with E-state index in [0.717, 1.165) is 24.3 Å². The van der Waals surface area contributed by atoms with E-state index in [1.165, 1.54) is 31.4 Å². The van der Waals surface area contributed by atoms with Gasteiger partial charge in [0.25, 0.3) is 15.9 Å². The SMILES string of the molecule is COc1ccc(-c2nc(NC(=O)c3ccc(NS(=O)(=O)c4ccc(F)cc4)cc3)n[nH]2)c(OC)c1. The molecule has 0 unspecified atom stereocenters. The van der Waals surface area contributed by atoms with Crippen LogP contribution in [0.3, 0.4) is 0 Å². The summed E-state index contributed by atoms with van der Waals surface area (Å²) in [5.74, 6) is 0.513. The standard InChI is InChI=1S/C23H20FN5O5S/c1-33-17-9-12-19(20(13-17)34-2)21-25-23(28-27-21)26-22(30)14-3-7-16(8-4-14)29-35(31,32)18-10-5-15(24)6-11-18/h3-13,29H,1-2H3,(H2,25,26,27,28,30). The van der Waals surface area contributed by atoms with Crippen molar-refractivity contribution in [3.8, 4) is 22.9 Å². The number of nitrogens with zero attached hydrogens (tertiary/aromatic N) is 2. The fraction of sp³-hybridized carbons (Fsp3) is 0.0870. The summed E-state index contributed by atoms with van der Waals surface area (Å²) in [6, 6.07) is 15.4. The Morgan fingerprint density at radius 3 is 2.34 bits per heavy atom. The number of hydrogen-bond acceptors (Lipinski definition) is 7. The summed E-state index contributed by atoms with van der Waals surface area (Å²) in [6.45, 7) is 0. The van der Waals surface area contributed by atoms with E-state index in [9.17, 15) is 17.6 Å². The van der Waals surface area contributed by atoms with Gasteiger partial charge in [-0.05, 0) is 60.7 Å². The second-order valence-electron chi connectivity index (χ2n) is 7.16. The lowest BCUT2D eigenvalue weighted by Crippen LogP contribution is -2.14.